The summed E-state index contributed by atoms with van der Waals surface area (Å²) in [4.78, 5) is 2.79. The molecule has 2 unspecified atom stereocenters. The lowest BCUT2D eigenvalue weighted by atomic mass is 9.95. The van der Waals surface area contributed by atoms with Crippen LogP contribution in [0.5, 0.6) is 0 Å². The molecule has 2 fully saturated rings. The highest BCUT2D eigenvalue weighted by Gasteiger charge is 2.48. The van der Waals surface area contributed by atoms with Crippen molar-refractivity contribution in [2.24, 2.45) is 5.92 Å². The van der Waals surface area contributed by atoms with E-state index in [1.54, 1.807) is 0 Å². The molecule has 1 aliphatic carbocycles. The van der Waals surface area contributed by atoms with E-state index in [9.17, 15) is 0 Å². The second-order valence-corrected chi connectivity index (χ2v) is 5.97. The second-order valence-electron chi connectivity index (χ2n) is 5.97. The molecule has 2 atom stereocenters. The van der Waals surface area contributed by atoms with Gasteiger partial charge in [-0.1, -0.05) is 20.8 Å². The Labute approximate surface area is 94.4 Å². The van der Waals surface area contributed by atoms with Gasteiger partial charge in [-0.05, 0) is 32.1 Å². The van der Waals surface area contributed by atoms with Crippen molar-refractivity contribution in [3.8, 4) is 0 Å². The molecule has 0 amide bonds. The van der Waals surface area contributed by atoms with Gasteiger partial charge in [-0.15, -0.1) is 0 Å². The van der Waals surface area contributed by atoms with Crippen molar-refractivity contribution in [2.45, 2.75) is 64.6 Å². The summed E-state index contributed by atoms with van der Waals surface area (Å²) in [5, 5.41) is 3.69. The summed E-state index contributed by atoms with van der Waals surface area (Å²) in [6.07, 6.45) is 4.08. The molecule has 0 bridgehead atoms. The minimum Gasteiger partial charge on any atom is -0.311 e. The quantitative estimate of drug-likeness (QED) is 0.768. The minimum absolute atomic E-state index is 0.546. The van der Waals surface area contributed by atoms with Crippen molar-refractivity contribution in [2.75, 3.05) is 13.1 Å². The molecule has 15 heavy (non-hydrogen) atoms. The van der Waals surface area contributed by atoms with Gasteiger partial charge in [0, 0.05) is 30.7 Å². The molecule has 0 spiro atoms. The van der Waals surface area contributed by atoms with E-state index in [1.165, 1.54) is 32.4 Å². The van der Waals surface area contributed by atoms with Crippen molar-refractivity contribution in [1.82, 2.24) is 10.2 Å². The van der Waals surface area contributed by atoms with E-state index in [-0.39, 0.29) is 0 Å². The fraction of sp³-hybridized carbons (Fsp3) is 1.00. The van der Waals surface area contributed by atoms with Gasteiger partial charge in [-0.3, -0.25) is 4.90 Å². The normalized spacial score (nSPS) is 35.8. The van der Waals surface area contributed by atoms with Gasteiger partial charge in [0.15, 0.2) is 0 Å². The molecule has 1 saturated carbocycles. The Morgan fingerprint density at radius 1 is 1.40 bits per heavy atom. The molecule has 0 radical (unpaired) electrons. The van der Waals surface area contributed by atoms with E-state index in [2.05, 4.69) is 37.9 Å². The summed E-state index contributed by atoms with van der Waals surface area (Å²) in [7, 11) is 0. The molecule has 2 nitrogen and oxygen atoms in total. The highest BCUT2D eigenvalue weighted by atomic mass is 15.3. The summed E-state index contributed by atoms with van der Waals surface area (Å²) in [6, 6.07) is 1.47. The molecule has 2 rings (SSSR count). The van der Waals surface area contributed by atoms with Crippen molar-refractivity contribution < 1.29 is 0 Å². The lowest BCUT2D eigenvalue weighted by Crippen LogP contribution is -2.61. The van der Waals surface area contributed by atoms with E-state index in [0.29, 0.717) is 5.54 Å². The van der Waals surface area contributed by atoms with Crippen LogP contribution in [0.25, 0.3) is 0 Å². The molecule has 1 heterocycles. The average Bonchev–Trinajstić information content (AvgIpc) is 2.97. The van der Waals surface area contributed by atoms with Crippen molar-refractivity contribution >= 4 is 0 Å². The summed E-state index contributed by atoms with van der Waals surface area (Å²) >= 11 is 0. The zero-order chi connectivity index (χ0) is 11.1. The molecule has 1 N–H and O–H groups in total. The summed E-state index contributed by atoms with van der Waals surface area (Å²) in [5.74, 6) is 0.771. The van der Waals surface area contributed by atoms with E-state index in [0.717, 1.165) is 18.0 Å². The predicted octanol–water partition coefficient (Wildman–Crippen LogP) is 2.25. The highest BCUT2D eigenvalue weighted by Crippen LogP contribution is 2.44. The van der Waals surface area contributed by atoms with Gasteiger partial charge in [0.05, 0.1) is 0 Å². The first-order valence-electron chi connectivity index (χ1n) is 6.57. The number of rotatable bonds is 3. The van der Waals surface area contributed by atoms with Crippen LogP contribution in [0.4, 0.5) is 0 Å². The monoisotopic (exact) mass is 210 g/mol. The van der Waals surface area contributed by atoms with E-state index >= 15 is 0 Å². The number of hydrogen-bond donors (Lipinski definition) is 1. The summed E-state index contributed by atoms with van der Waals surface area (Å²) < 4.78 is 0. The van der Waals surface area contributed by atoms with E-state index < -0.39 is 0 Å². The number of piperazine rings is 1. The Kier molecular flexibility index (Phi) is 3.09. The topological polar surface area (TPSA) is 15.3 Å². The molecular weight excluding hydrogens is 184 g/mol. The second kappa shape index (κ2) is 4.06. The molecule has 88 valence electrons. The van der Waals surface area contributed by atoms with Gasteiger partial charge in [0.1, 0.15) is 0 Å². The average molecular weight is 210 g/mol. The molecule has 0 aromatic carbocycles. The van der Waals surface area contributed by atoms with Gasteiger partial charge in [0.2, 0.25) is 0 Å². The number of hydrogen-bond acceptors (Lipinski definition) is 2. The zero-order valence-electron chi connectivity index (χ0n) is 10.7. The van der Waals surface area contributed by atoms with Crippen LogP contribution in [-0.2, 0) is 0 Å². The highest BCUT2D eigenvalue weighted by molar-refractivity contribution is 5.05. The predicted molar refractivity (Wildman–Crippen MR) is 65.1 cm³/mol. The van der Waals surface area contributed by atoms with Crippen LogP contribution in [0, 0.1) is 5.92 Å². The smallest absolute Gasteiger partial charge is 0.0249 e. The first kappa shape index (κ1) is 11.4. The zero-order valence-corrected chi connectivity index (χ0v) is 10.7. The Balaban J connectivity index is 2.06. The van der Waals surface area contributed by atoms with Gasteiger partial charge >= 0.3 is 0 Å². The lowest BCUT2D eigenvalue weighted by Gasteiger charge is -2.46. The Hall–Kier alpha value is -0.0800. The fourth-order valence-corrected chi connectivity index (χ4v) is 2.79. The van der Waals surface area contributed by atoms with Crippen molar-refractivity contribution in [3.05, 3.63) is 0 Å². The summed E-state index contributed by atoms with van der Waals surface area (Å²) in [5.41, 5.74) is 0.546. The first-order chi connectivity index (χ1) is 7.07. The van der Waals surface area contributed by atoms with Gasteiger partial charge in [-0.25, -0.2) is 0 Å². The van der Waals surface area contributed by atoms with Crippen molar-refractivity contribution in [3.63, 3.8) is 0 Å². The Bertz CT molecular complexity index is 221. The molecule has 1 saturated heterocycles. The third kappa shape index (κ3) is 2.21. The Morgan fingerprint density at radius 2 is 2.07 bits per heavy atom. The number of nitrogens with zero attached hydrogens (tertiary/aromatic N) is 1. The van der Waals surface area contributed by atoms with Crippen LogP contribution >= 0.6 is 0 Å². The molecule has 2 heteroatoms. The van der Waals surface area contributed by atoms with Crippen LogP contribution < -0.4 is 5.32 Å². The fourth-order valence-electron chi connectivity index (χ4n) is 2.79. The third-order valence-corrected chi connectivity index (χ3v) is 4.36. The SMILES string of the molecule is CCC1CN(C2(C)CC2)C(C(C)C)CN1. The maximum Gasteiger partial charge on any atom is 0.0249 e. The lowest BCUT2D eigenvalue weighted by molar-refractivity contribution is 0.0499. The van der Waals surface area contributed by atoms with Crippen LogP contribution in [0.3, 0.4) is 0 Å². The summed E-state index contributed by atoms with van der Waals surface area (Å²) in [6.45, 7) is 11.9. The standard InChI is InChI=1S/C13H26N2/c1-5-11-9-15(13(4)6-7-13)12(8-14-11)10(2)3/h10-12,14H,5-9H2,1-4H3. The molecule has 0 aromatic heterocycles. The maximum absolute atomic E-state index is 3.69. The molecular formula is C13H26N2. The Morgan fingerprint density at radius 3 is 2.53 bits per heavy atom. The van der Waals surface area contributed by atoms with Crippen molar-refractivity contribution in [1.29, 1.82) is 0 Å². The third-order valence-electron chi connectivity index (χ3n) is 4.36. The number of nitrogens with one attached hydrogen (secondary N) is 1. The van der Waals surface area contributed by atoms with Crippen LogP contribution in [0.15, 0.2) is 0 Å². The van der Waals surface area contributed by atoms with Gasteiger partial charge in [-0.2, -0.15) is 0 Å². The maximum atomic E-state index is 3.69. The van der Waals surface area contributed by atoms with Crippen LogP contribution in [-0.4, -0.2) is 35.6 Å². The largest absolute Gasteiger partial charge is 0.311 e. The van der Waals surface area contributed by atoms with Crippen LogP contribution in [0.1, 0.15) is 47.0 Å². The minimum atomic E-state index is 0.546. The van der Waals surface area contributed by atoms with E-state index in [1.807, 2.05) is 0 Å². The molecule has 1 aliphatic heterocycles. The van der Waals surface area contributed by atoms with Crippen LogP contribution in [0.2, 0.25) is 0 Å². The van der Waals surface area contributed by atoms with Gasteiger partial charge in [0.25, 0.3) is 0 Å². The molecule has 2 aliphatic rings. The van der Waals surface area contributed by atoms with E-state index in [4.69, 9.17) is 0 Å². The molecule has 0 aromatic rings. The first-order valence-corrected chi connectivity index (χ1v) is 6.57. The van der Waals surface area contributed by atoms with Gasteiger partial charge < -0.3 is 5.32 Å².